The van der Waals surface area contributed by atoms with Gasteiger partial charge in [0.15, 0.2) is 0 Å². The van der Waals surface area contributed by atoms with E-state index in [-0.39, 0.29) is 0 Å². The number of rotatable bonds is 3. The van der Waals surface area contributed by atoms with Gasteiger partial charge in [0.1, 0.15) is 4.99 Å². The Hall–Kier alpha value is -1.52. The Morgan fingerprint density at radius 3 is 2.86 bits per heavy atom. The maximum atomic E-state index is 6.07. The fourth-order valence-electron chi connectivity index (χ4n) is 3.21. The minimum atomic E-state index is 0.491. The number of hydrogen-bond acceptors (Lipinski definition) is 3. The summed E-state index contributed by atoms with van der Waals surface area (Å²) < 4.78 is 0. The number of pyridine rings is 1. The molecule has 110 valence electrons. The van der Waals surface area contributed by atoms with Crippen molar-refractivity contribution in [1.82, 2.24) is 9.88 Å². The molecule has 1 aliphatic rings. The van der Waals surface area contributed by atoms with Crippen molar-refractivity contribution in [2.24, 2.45) is 5.73 Å². The zero-order valence-electron chi connectivity index (χ0n) is 12.6. The second-order valence-electron chi connectivity index (χ2n) is 5.56. The predicted molar refractivity (Wildman–Crippen MR) is 91.7 cm³/mol. The molecule has 0 bridgehead atoms. The highest BCUT2D eigenvalue weighted by Crippen LogP contribution is 2.29. The van der Waals surface area contributed by atoms with Gasteiger partial charge in [0.05, 0.1) is 5.52 Å². The van der Waals surface area contributed by atoms with Crippen molar-refractivity contribution < 1.29 is 0 Å². The van der Waals surface area contributed by atoms with Gasteiger partial charge in [-0.3, -0.25) is 9.88 Å². The van der Waals surface area contributed by atoms with Crippen molar-refractivity contribution in [1.29, 1.82) is 0 Å². The van der Waals surface area contributed by atoms with E-state index in [1.54, 1.807) is 0 Å². The molecule has 2 heterocycles. The van der Waals surface area contributed by atoms with Gasteiger partial charge in [0.25, 0.3) is 0 Å². The average Bonchev–Trinajstić information content (AvgIpc) is 2.51. The van der Waals surface area contributed by atoms with E-state index in [1.165, 1.54) is 16.8 Å². The molecule has 0 saturated heterocycles. The minimum absolute atomic E-state index is 0.491. The molecular formula is C17H21N3S. The maximum absolute atomic E-state index is 6.07. The first-order valence-electron chi connectivity index (χ1n) is 7.61. The summed E-state index contributed by atoms with van der Waals surface area (Å²) in [6.45, 7) is 7.36. The third-order valence-corrected chi connectivity index (χ3v) is 4.61. The first-order valence-corrected chi connectivity index (χ1v) is 8.02. The zero-order valence-corrected chi connectivity index (χ0v) is 13.5. The lowest BCUT2D eigenvalue weighted by Crippen LogP contribution is -2.33. The molecule has 0 unspecified atom stereocenters. The predicted octanol–water partition coefficient (Wildman–Crippen LogP) is 2.81. The average molecular weight is 299 g/mol. The molecule has 0 amide bonds. The fourth-order valence-corrected chi connectivity index (χ4v) is 3.45. The van der Waals surface area contributed by atoms with Crippen LogP contribution in [0.15, 0.2) is 18.2 Å². The number of aromatic nitrogens is 1. The highest BCUT2D eigenvalue weighted by molar-refractivity contribution is 7.80. The standard InChI is InChI=1S/C17H21N3S/c1-3-11-6-5-7-12-15(17(18)21)13-10-20(4-2)9-8-14(13)19-16(11)12/h5-7H,3-4,8-10H2,1-2H3,(H2,18,21). The third kappa shape index (κ3) is 2.43. The van der Waals surface area contributed by atoms with Crippen LogP contribution < -0.4 is 5.73 Å². The Bertz CT molecular complexity index is 709. The summed E-state index contributed by atoms with van der Waals surface area (Å²) in [5, 5.41) is 1.11. The Morgan fingerprint density at radius 2 is 2.19 bits per heavy atom. The third-order valence-electron chi connectivity index (χ3n) is 4.41. The number of fused-ring (bicyclic) bond motifs is 2. The molecule has 0 spiro atoms. The number of benzene rings is 1. The number of hydrogen-bond donors (Lipinski definition) is 1. The monoisotopic (exact) mass is 299 g/mol. The molecule has 1 aromatic carbocycles. The van der Waals surface area contributed by atoms with Gasteiger partial charge in [0, 0.05) is 36.2 Å². The van der Waals surface area contributed by atoms with E-state index < -0.39 is 0 Å². The van der Waals surface area contributed by atoms with Gasteiger partial charge in [-0.25, -0.2) is 0 Å². The number of nitrogens with two attached hydrogens (primary N) is 1. The summed E-state index contributed by atoms with van der Waals surface area (Å²) in [5.41, 5.74) is 11.9. The molecular weight excluding hydrogens is 278 g/mol. The van der Waals surface area contributed by atoms with Gasteiger partial charge in [-0.1, -0.05) is 44.3 Å². The van der Waals surface area contributed by atoms with Crippen molar-refractivity contribution in [3.63, 3.8) is 0 Å². The molecule has 4 heteroatoms. The molecule has 0 fully saturated rings. The Morgan fingerprint density at radius 1 is 1.38 bits per heavy atom. The van der Waals surface area contributed by atoms with Crippen LogP contribution in [0.5, 0.6) is 0 Å². The van der Waals surface area contributed by atoms with Gasteiger partial charge in [-0.15, -0.1) is 0 Å². The first kappa shape index (κ1) is 14.4. The molecule has 3 rings (SSSR count). The van der Waals surface area contributed by atoms with Gasteiger partial charge in [-0.05, 0) is 24.1 Å². The first-order chi connectivity index (χ1) is 10.2. The lowest BCUT2D eigenvalue weighted by molar-refractivity contribution is 0.266. The summed E-state index contributed by atoms with van der Waals surface area (Å²) in [6, 6.07) is 6.32. The Balaban J connectivity index is 2.31. The van der Waals surface area contributed by atoms with E-state index in [0.29, 0.717) is 4.99 Å². The number of para-hydroxylation sites is 1. The van der Waals surface area contributed by atoms with Crippen LogP contribution in [0.25, 0.3) is 10.9 Å². The van der Waals surface area contributed by atoms with Gasteiger partial charge >= 0.3 is 0 Å². The minimum Gasteiger partial charge on any atom is -0.389 e. The fraction of sp³-hybridized carbons (Fsp3) is 0.412. The van der Waals surface area contributed by atoms with E-state index in [1.807, 2.05) is 0 Å². The number of nitrogens with zero attached hydrogens (tertiary/aromatic N) is 2. The van der Waals surface area contributed by atoms with E-state index in [2.05, 4.69) is 36.9 Å². The number of aryl methyl sites for hydroxylation is 1. The zero-order chi connectivity index (χ0) is 15.0. The molecule has 2 aromatic rings. The largest absolute Gasteiger partial charge is 0.389 e. The summed E-state index contributed by atoms with van der Waals surface area (Å²) >= 11 is 5.36. The highest BCUT2D eigenvalue weighted by atomic mass is 32.1. The van der Waals surface area contributed by atoms with E-state index >= 15 is 0 Å². The SMILES string of the molecule is CCc1cccc2c(C(N)=S)c3c(nc12)CCN(CC)C3. The molecule has 0 atom stereocenters. The Labute approximate surface area is 131 Å². The van der Waals surface area contributed by atoms with Gasteiger partial charge in [0.2, 0.25) is 0 Å². The van der Waals surface area contributed by atoms with Crippen LogP contribution in [0.4, 0.5) is 0 Å². The quantitative estimate of drug-likeness (QED) is 0.885. The van der Waals surface area contributed by atoms with E-state index in [9.17, 15) is 0 Å². The van der Waals surface area contributed by atoms with Gasteiger partial charge < -0.3 is 5.73 Å². The summed E-state index contributed by atoms with van der Waals surface area (Å²) in [7, 11) is 0. The molecule has 0 radical (unpaired) electrons. The Kier molecular flexibility index (Phi) is 3.91. The van der Waals surface area contributed by atoms with Crippen LogP contribution >= 0.6 is 12.2 Å². The molecule has 0 aliphatic carbocycles. The molecule has 0 saturated carbocycles. The van der Waals surface area contributed by atoms with Crippen LogP contribution in [0.3, 0.4) is 0 Å². The second kappa shape index (κ2) is 5.70. The normalized spacial score (nSPS) is 15.1. The molecule has 3 nitrogen and oxygen atoms in total. The highest BCUT2D eigenvalue weighted by Gasteiger charge is 2.23. The molecule has 1 aliphatic heterocycles. The van der Waals surface area contributed by atoms with Crippen molar-refractivity contribution in [2.75, 3.05) is 13.1 Å². The summed E-state index contributed by atoms with van der Waals surface area (Å²) in [5.74, 6) is 0. The number of thiocarbonyl (C=S) groups is 1. The summed E-state index contributed by atoms with van der Waals surface area (Å²) in [4.78, 5) is 7.87. The van der Waals surface area contributed by atoms with Crippen molar-refractivity contribution in [2.45, 2.75) is 33.2 Å². The number of likely N-dealkylation sites (N-methyl/N-ethyl adjacent to an activating group) is 1. The summed E-state index contributed by atoms with van der Waals surface area (Å²) in [6.07, 6.45) is 1.95. The van der Waals surface area contributed by atoms with Crippen molar-refractivity contribution in [3.05, 3.63) is 40.6 Å². The van der Waals surface area contributed by atoms with Crippen LogP contribution in [-0.2, 0) is 19.4 Å². The second-order valence-corrected chi connectivity index (χ2v) is 6.00. The van der Waals surface area contributed by atoms with Gasteiger partial charge in [-0.2, -0.15) is 0 Å². The maximum Gasteiger partial charge on any atom is 0.105 e. The topological polar surface area (TPSA) is 42.1 Å². The lowest BCUT2D eigenvalue weighted by atomic mass is 9.94. The van der Waals surface area contributed by atoms with Crippen molar-refractivity contribution in [3.8, 4) is 0 Å². The van der Waals surface area contributed by atoms with Crippen LogP contribution in [0.1, 0.15) is 36.2 Å². The molecule has 2 N–H and O–H groups in total. The van der Waals surface area contributed by atoms with E-state index in [0.717, 1.165) is 48.9 Å². The molecule has 1 aromatic heterocycles. The van der Waals surface area contributed by atoms with Crippen LogP contribution in [0.2, 0.25) is 0 Å². The smallest absolute Gasteiger partial charge is 0.105 e. The van der Waals surface area contributed by atoms with E-state index in [4.69, 9.17) is 22.9 Å². The molecule has 21 heavy (non-hydrogen) atoms. The lowest BCUT2D eigenvalue weighted by Gasteiger charge is -2.29. The van der Waals surface area contributed by atoms with Crippen LogP contribution in [-0.4, -0.2) is 28.0 Å². The van der Waals surface area contributed by atoms with Crippen molar-refractivity contribution >= 4 is 28.1 Å². The van der Waals surface area contributed by atoms with Crippen LogP contribution in [0, 0.1) is 0 Å².